The molecular formula is C24H20ClFN2OS. The monoisotopic (exact) mass is 438 g/mol. The first-order chi connectivity index (χ1) is 14.6. The van der Waals surface area contributed by atoms with Gasteiger partial charge in [0.1, 0.15) is 11.9 Å². The summed E-state index contributed by atoms with van der Waals surface area (Å²) in [6.45, 7) is 0.535. The van der Waals surface area contributed by atoms with Crippen LogP contribution in [0.1, 0.15) is 34.2 Å². The van der Waals surface area contributed by atoms with Crippen molar-refractivity contribution in [2.45, 2.75) is 25.3 Å². The van der Waals surface area contributed by atoms with E-state index in [9.17, 15) is 9.18 Å². The van der Waals surface area contributed by atoms with Crippen LogP contribution in [0.2, 0.25) is 5.02 Å². The highest BCUT2D eigenvalue weighted by atomic mass is 35.5. The smallest absolute Gasteiger partial charge is 0.223 e. The van der Waals surface area contributed by atoms with E-state index in [1.165, 1.54) is 10.9 Å². The first kappa shape index (κ1) is 19.3. The van der Waals surface area contributed by atoms with Crippen molar-refractivity contribution in [1.29, 1.82) is 0 Å². The van der Waals surface area contributed by atoms with E-state index >= 15 is 0 Å². The van der Waals surface area contributed by atoms with Gasteiger partial charge < -0.3 is 9.88 Å². The number of aryl methyl sites for hydroxylation is 1. The van der Waals surface area contributed by atoms with E-state index < -0.39 is 11.9 Å². The van der Waals surface area contributed by atoms with Crippen molar-refractivity contribution >= 4 is 39.7 Å². The van der Waals surface area contributed by atoms with Gasteiger partial charge in [0.2, 0.25) is 5.91 Å². The van der Waals surface area contributed by atoms with Gasteiger partial charge in [-0.15, -0.1) is 11.3 Å². The third-order valence-electron chi connectivity index (χ3n) is 5.79. The highest BCUT2D eigenvalue weighted by Gasteiger charge is 2.36. The number of fused-ring (bicyclic) bond motifs is 3. The summed E-state index contributed by atoms with van der Waals surface area (Å²) in [5.41, 5.74) is 3.35. The summed E-state index contributed by atoms with van der Waals surface area (Å²) in [4.78, 5) is 19.7. The maximum absolute atomic E-state index is 15.0. The molecule has 0 aliphatic carbocycles. The molecular weight excluding hydrogens is 419 g/mol. The minimum absolute atomic E-state index is 0.0111. The summed E-state index contributed by atoms with van der Waals surface area (Å²) in [5, 5.41) is 3.47. The van der Waals surface area contributed by atoms with Crippen molar-refractivity contribution in [3.8, 4) is 0 Å². The number of amides is 1. The van der Waals surface area contributed by atoms with Crippen molar-refractivity contribution in [2.75, 3.05) is 6.54 Å². The number of nitrogens with zero attached hydrogens (tertiary/aromatic N) is 1. The normalized spacial score (nSPS) is 16.1. The lowest BCUT2D eigenvalue weighted by molar-refractivity contribution is -0.133. The Labute approximate surface area is 183 Å². The predicted molar refractivity (Wildman–Crippen MR) is 120 cm³/mol. The first-order valence-corrected chi connectivity index (χ1v) is 11.2. The number of rotatable bonds is 4. The van der Waals surface area contributed by atoms with Crippen molar-refractivity contribution in [3.05, 3.63) is 92.5 Å². The van der Waals surface area contributed by atoms with E-state index in [0.717, 1.165) is 28.6 Å². The maximum Gasteiger partial charge on any atom is 0.223 e. The van der Waals surface area contributed by atoms with Crippen LogP contribution < -0.4 is 0 Å². The molecule has 2 aromatic heterocycles. The van der Waals surface area contributed by atoms with Crippen molar-refractivity contribution in [2.24, 2.45) is 0 Å². The Morgan fingerprint density at radius 3 is 2.83 bits per heavy atom. The van der Waals surface area contributed by atoms with Gasteiger partial charge in [0.05, 0.1) is 0 Å². The molecule has 1 aliphatic heterocycles. The van der Waals surface area contributed by atoms with E-state index in [1.54, 1.807) is 28.4 Å². The average Bonchev–Trinajstić information content (AvgIpc) is 3.39. The quantitative estimate of drug-likeness (QED) is 0.409. The maximum atomic E-state index is 15.0. The Morgan fingerprint density at radius 2 is 2.03 bits per heavy atom. The number of aromatic amines is 1. The molecule has 0 fully saturated rings. The summed E-state index contributed by atoms with van der Waals surface area (Å²) >= 11 is 8.11. The molecule has 0 bridgehead atoms. The number of hydrogen-bond donors (Lipinski definition) is 1. The van der Waals surface area contributed by atoms with Gasteiger partial charge in [-0.3, -0.25) is 4.79 Å². The fourth-order valence-electron chi connectivity index (χ4n) is 4.41. The molecule has 3 heterocycles. The molecule has 1 N–H and O–H groups in total. The van der Waals surface area contributed by atoms with Gasteiger partial charge in [-0.05, 0) is 48.1 Å². The third-order valence-corrected chi connectivity index (χ3v) is 7.06. The molecule has 0 saturated carbocycles. The van der Waals surface area contributed by atoms with Crippen LogP contribution in [0.5, 0.6) is 0 Å². The van der Waals surface area contributed by atoms with Crippen LogP contribution in [0.15, 0.2) is 60.0 Å². The Morgan fingerprint density at radius 1 is 1.17 bits per heavy atom. The van der Waals surface area contributed by atoms with E-state index in [4.69, 9.17) is 11.6 Å². The molecule has 0 unspecified atom stereocenters. The minimum Gasteiger partial charge on any atom is -0.356 e. The Kier molecular flexibility index (Phi) is 5.09. The number of thiophene rings is 1. The van der Waals surface area contributed by atoms with Crippen LogP contribution in [0.25, 0.3) is 10.9 Å². The van der Waals surface area contributed by atoms with Gasteiger partial charge in [0, 0.05) is 45.0 Å². The highest BCUT2D eigenvalue weighted by Crippen LogP contribution is 2.42. The Hall–Kier alpha value is -2.63. The number of carbonyl (C=O) groups excluding carboxylic acids is 1. The van der Waals surface area contributed by atoms with E-state index in [-0.39, 0.29) is 5.91 Å². The molecule has 0 radical (unpaired) electrons. The number of halogens is 2. The lowest BCUT2D eigenvalue weighted by atomic mass is 9.91. The number of hydrogen-bond acceptors (Lipinski definition) is 2. The van der Waals surface area contributed by atoms with E-state index in [0.29, 0.717) is 30.0 Å². The van der Waals surface area contributed by atoms with Crippen LogP contribution in [0.3, 0.4) is 0 Å². The van der Waals surface area contributed by atoms with Crippen molar-refractivity contribution in [3.63, 3.8) is 0 Å². The van der Waals surface area contributed by atoms with Gasteiger partial charge in [0.25, 0.3) is 0 Å². The Balaban J connectivity index is 1.59. The number of para-hydroxylation sites is 1. The van der Waals surface area contributed by atoms with Crippen LogP contribution >= 0.6 is 22.9 Å². The van der Waals surface area contributed by atoms with Gasteiger partial charge in [0.15, 0.2) is 0 Å². The number of nitrogens with one attached hydrogen (secondary N) is 1. The lowest BCUT2D eigenvalue weighted by Crippen LogP contribution is -2.41. The average molecular weight is 439 g/mol. The zero-order valence-electron chi connectivity index (χ0n) is 16.2. The first-order valence-electron chi connectivity index (χ1n) is 9.98. The molecule has 4 aromatic rings. The second-order valence-electron chi connectivity index (χ2n) is 7.52. The largest absolute Gasteiger partial charge is 0.356 e. The molecule has 1 aliphatic rings. The second kappa shape index (κ2) is 7.89. The van der Waals surface area contributed by atoms with Gasteiger partial charge in [-0.2, -0.15) is 0 Å². The molecule has 3 nitrogen and oxygen atoms in total. The minimum atomic E-state index is -0.564. The second-order valence-corrected chi connectivity index (χ2v) is 8.96. The molecule has 30 heavy (non-hydrogen) atoms. The fourth-order valence-corrected chi connectivity index (χ4v) is 5.39. The molecule has 1 amide bonds. The topological polar surface area (TPSA) is 36.1 Å². The Bertz CT molecular complexity index is 1200. The number of benzene rings is 2. The van der Waals surface area contributed by atoms with Gasteiger partial charge >= 0.3 is 0 Å². The zero-order valence-corrected chi connectivity index (χ0v) is 17.8. The molecule has 6 heteroatoms. The summed E-state index contributed by atoms with van der Waals surface area (Å²) in [5.74, 6) is -0.382. The van der Waals surface area contributed by atoms with Crippen LogP contribution in [-0.4, -0.2) is 22.3 Å². The molecule has 0 spiro atoms. The third kappa shape index (κ3) is 3.32. The van der Waals surface area contributed by atoms with Gasteiger partial charge in [-0.1, -0.05) is 41.9 Å². The van der Waals surface area contributed by atoms with E-state index in [2.05, 4.69) is 11.1 Å². The standard InChI is InChI=1S/C24H20ClFN2OS/c25-18-7-3-8-19(26)22(18)24-23-17(16-6-1-2-9-20(16)27-23)12-13-28(24)21(29)11-10-15-5-4-14-30-15/h1-9,14,24,27H,10-13H2/t24-/m0/s1. The predicted octanol–water partition coefficient (Wildman–Crippen LogP) is 6.13. The van der Waals surface area contributed by atoms with E-state index in [1.807, 2.05) is 35.7 Å². The summed E-state index contributed by atoms with van der Waals surface area (Å²) in [7, 11) is 0. The summed E-state index contributed by atoms with van der Waals surface area (Å²) < 4.78 is 15.0. The highest BCUT2D eigenvalue weighted by molar-refractivity contribution is 7.09. The summed E-state index contributed by atoms with van der Waals surface area (Å²) in [6.07, 6.45) is 1.80. The number of carbonyl (C=O) groups is 1. The molecule has 1 atom stereocenters. The zero-order chi connectivity index (χ0) is 20.7. The number of aromatic nitrogens is 1. The van der Waals surface area contributed by atoms with Crippen molar-refractivity contribution < 1.29 is 9.18 Å². The van der Waals surface area contributed by atoms with Gasteiger partial charge in [-0.25, -0.2) is 4.39 Å². The molecule has 5 rings (SSSR count). The lowest BCUT2D eigenvalue weighted by Gasteiger charge is -2.37. The van der Waals surface area contributed by atoms with Crippen molar-refractivity contribution in [1.82, 2.24) is 9.88 Å². The number of H-pyrrole nitrogens is 1. The summed E-state index contributed by atoms with van der Waals surface area (Å²) in [6, 6.07) is 16.2. The SMILES string of the molecule is O=C(CCc1cccs1)N1CCc2c([nH]c3ccccc23)[C@@H]1c1c(F)cccc1Cl. The molecule has 0 saturated heterocycles. The fraction of sp³-hybridized carbons (Fsp3) is 0.208. The molecule has 152 valence electrons. The molecule has 2 aromatic carbocycles. The van der Waals surface area contributed by atoms with Crippen LogP contribution in [0.4, 0.5) is 4.39 Å². The van der Waals surface area contributed by atoms with Crippen LogP contribution in [0, 0.1) is 5.82 Å². The van der Waals surface area contributed by atoms with Crippen LogP contribution in [-0.2, 0) is 17.6 Å².